The fourth-order valence-corrected chi connectivity index (χ4v) is 3.97. The van der Waals surface area contributed by atoms with E-state index >= 15 is 0 Å². The van der Waals surface area contributed by atoms with Crippen LogP contribution in [0.25, 0.3) is 0 Å². The molecule has 0 radical (unpaired) electrons. The van der Waals surface area contributed by atoms with Gasteiger partial charge in [-0.05, 0) is 59.8 Å². The lowest BCUT2D eigenvalue weighted by Gasteiger charge is -2.28. The largest absolute Gasteiger partial charge is 0.496 e. The van der Waals surface area contributed by atoms with E-state index in [0.717, 1.165) is 16.6 Å². The second-order valence-corrected chi connectivity index (χ2v) is 6.78. The molecule has 2 rings (SSSR count). The van der Waals surface area contributed by atoms with Crippen LogP contribution >= 0.6 is 15.9 Å². The summed E-state index contributed by atoms with van der Waals surface area (Å²) in [6.45, 7) is 6.52. The Labute approximate surface area is 135 Å². The fraction of sp³-hybridized carbons (Fsp3) is 0.625. The number of rotatable bonds is 5. The summed E-state index contributed by atoms with van der Waals surface area (Å²) in [5.41, 5.74) is 4.22. The van der Waals surface area contributed by atoms with Crippen LogP contribution in [-0.4, -0.2) is 25.4 Å². The third kappa shape index (κ3) is 3.59. The topological polar surface area (TPSA) is 56.5 Å². The minimum absolute atomic E-state index is 0.195. The van der Waals surface area contributed by atoms with Crippen LogP contribution in [0.4, 0.5) is 0 Å². The molecule has 0 aliphatic carbocycles. The van der Waals surface area contributed by atoms with Crippen LogP contribution in [0, 0.1) is 11.8 Å². The highest BCUT2D eigenvalue weighted by Crippen LogP contribution is 2.36. The number of hydrogen-bond donors (Lipinski definition) is 2. The van der Waals surface area contributed by atoms with Crippen molar-refractivity contribution in [3.63, 3.8) is 0 Å². The minimum Gasteiger partial charge on any atom is -0.496 e. The van der Waals surface area contributed by atoms with Gasteiger partial charge in [0, 0.05) is 12.0 Å². The van der Waals surface area contributed by atoms with Gasteiger partial charge in [-0.1, -0.05) is 13.0 Å². The van der Waals surface area contributed by atoms with Crippen LogP contribution in [0.15, 0.2) is 22.7 Å². The van der Waals surface area contributed by atoms with Gasteiger partial charge < -0.3 is 9.47 Å². The third-order valence-corrected chi connectivity index (χ3v) is 5.29. The minimum atomic E-state index is 0.195. The van der Waals surface area contributed by atoms with Crippen LogP contribution in [0.5, 0.6) is 5.75 Å². The van der Waals surface area contributed by atoms with E-state index in [-0.39, 0.29) is 18.2 Å². The Balaban J connectivity index is 2.14. The number of ether oxygens (including phenoxy) is 2. The van der Waals surface area contributed by atoms with Gasteiger partial charge in [-0.15, -0.1) is 0 Å². The van der Waals surface area contributed by atoms with Crippen molar-refractivity contribution in [1.82, 2.24) is 5.43 Å². The van der Waals surface area contributed by atoms with Crippen LogP contribution < -0.4 is 16.0 Å². The zero-order chi connectivity index (χ0) is 15.6. The van der Waals surface area contributed by atoms with Crippen molar-refractivity contribution < 1.29 is 9.47 Å². The van der Waals surface area contributed by atoms with Gasteiger partial charge >= 0.3 is 0 Å². The van der Waals surface area contributed by atoms with Gasteiger partial charge in [0.1, 0.15) is 5.75 Å². The zero-order valence-corrected chi connectivity index (χ0v) is 14.7. The fourth-order valence-electron chi connectivity index (χ4n) is 3.38. The molecule has 1 aliphatic rings. The maximum absolute atomic E-state index is 5.94. The van der Waals surface area contributed by atoms with Crippen molar-refractivity contribution >= 4 is 15.9 Å². The van der Waals surface area contributed by atoms with Crippen LogP contribution in [0.2, 0.25) is 0 Å². The molecule has 0 bridgehead atoms. The Morgan fingerprint density at radius 1 is 1.33 bits per heavy atom. The maximum atomic E-state index is 5.94. The summed E-state index contributed by atoms with van der Waals surface area (Å²) >= 11 is 3.53. The predicted octanol–water partition coefficient (Wildman–Crippen LogP) is 2.89. The SMILES string of the molecule is COc1ccc(CC(NN)C2C(C)OC(C)C2C)cc1Br. The number of nitrogens with one attached hydrogen (secondary N) is 1. The monoisotopic (exact) mass is 356 g/mol. The number of nitrogens with two attached hydrogens (primary N) is 1. The van der Waals surface area contributed by atoms with Crippen molar-refractivity contribution in [2.75, 3.05) is 7.11 Å². The van der Waals surface area contributed by atoms with E-state index < -0.39 is 0 Å². The highest BCUT2D eigenvalue weighted by molar-refractivity contribution is 9.10. The number of methoxy groups -OCH3 is 1. The lowest BCUT2D eigenvalue weighted by molar-refractivity contribution is 0.0476. The molecule has 21 heavy (non-hydrogen) atoms. The molecule has 1 aromatic rings. The summed E-state index contributed by atoms with van der Waals surface area (Å²) in [5, 5.41) is 0. The van der Waals surface area contributed by atoms with Gasteiger partial charge in [-0.25, -0.2) is 0 Å². The van der Waals surface area contributed by atoms with Crippen molar-refractivity contribution in [3.8, 4) is 5.75 Å². The number of hydrazine groups is 1. The Bertz CT molecular complexity index is 483. The molecule has 1 aliphatic heterocycles. The normalized spacial score (nSPS) is 30.4. The molecule has 4 nitrogen and oxygen atoms in total. The first-order valence-corrected chi connectivity index (χ1v) is 8.21. The average molecular weight is 357 g/mol. The molecule has 5 heteroatoms. The van der Waals surface area contributed by atoms with Gasteiger partial charge in [-0.3, -0.25) is 11.3 Å². The Hall–Kier alpha value is -0.620. The van der Waals surface area contributed by atoms with Crippen molar-refractivity contribution in [3.05, 3.63) is 28.2 Å². The number of halogens is 1. The summed E-state index contributed by atoms with van der Waals surface area (Å²) in [6, 6.07) is 6.36. The molecule has 5 unspecified atom stereocenters. The van der Waals surface area contributed by atoms with Gasteiger partial charge in [0.15, 0.2) is 0 Å². The summed E-state index contributed by atoms with van der Waals surface area (Å²) in [4.78, 5) is 0. The van der Waals surface area contributed by atoms with E-state index in [1.165, 1.54) is 5.56 Å². The van der Waals surface area contributed by atoms with Gasteiger partial charge in [0.05, 0.1) is 23.8 Å². The van der Waals surface area contributed by atoms with E-state index in [2.05, 4.69) is 54.3 Å². The number of benzene rings is 1. The molecule has 1 heterocycles. The quantitative estimate of drug-likeness (QED) is 0.629. The Morgan fingerprint density at radius 2 is 2.05 bits per heavy atom. The molecule has 0 aromatic heterocycles. The summed E-state index contributed by atoms with van der Waals surface area (Å²) in [7, 11) is 1.67. The molecular formula is C16H25BrN2O2. The molecule has 0 amide bonds. The second-order valence-electron chi connectivity index (χ2n) is 5.93. The van der Waals surface area contributed by atoms with E-state index in [1.807, 2.05) is 6.07 Å². The molecule has 0 saturated carbocycles. The summed E-state index contributed by atoms with van der Waals surface area (Å²) in [6.07, 6.45) is 1.37. The molecule has 1 fully saturated rings. The smallest absolute Gasteiger partial charge is 0.133 e. The van der Waals surface area contributed by atoms with Crippen molar-refractivity contribution in [2.45, 2.75) is 45.4 Å². The molecule has 118 valence electrons. The van der Waals surface area contributed by atoms with Crippen LogP contribution in [0.3, 0.4) is 0 Å². The maximum Gasteiger partial charge on any atom is 0.133 e. The lowest BCUT2D eigenvalue weighted by Crippen LogP contribution is -2.46. The third-order valence-electron chi connectivity index (χ3n) is 4.67. The first kappa shape index (κ1) is 16.7. The lowest BCUT2D eigenvalue weighted by atomic mass is 9.81. The Kier molecular flexibility index (Phi) is 5.66. The second kappa shape index (κ2) is 7.09. The molecule has 1 saturated heterocycles. The van der Waals surface area contributed by atoms with Crippen molar-refractivity contribution in [2.24, 2.45) is 17.7 Å². The van der Waals surface area contributed by atoms with Crippen LogP contribution in [0.1, 0.15) is 26.3 Å². The van der Waals surface area contributed by atoms with Gasteiger partial charge in [0.2, 0.25) is 0 Å². The van der Waals surface area contributed by atoms with Crippen LogP contribution in [-0.2, 0) is 11.2 Å². The molecule has 3 N–H and O–H groups in total. The molecule has 0 spiro atoms. The summed E-state index contributed by atoms with van der Waals surface area (Å²) in [5.74, 6) is 7.56. The molecular weight excluding hydrogens is 332 g/mol. The first-order valence-electron chi connectivity index (χ1n) is 7.42. The first-order chi connectivity index (χ1) is 9.97. The van der Waals surface area contributed by atoms with E-state index in [9.17, 15) is 0 Å². The van der Waals surface area contributed by atoms with Crippen molar-refractivity contribution in [1.29, 1.82) is 0 Å². The van der Waals surface area contributed by atoms with Gasteiger partial charge in [-0.2, -0.15) is 0 Å². The number of hydrogen-bond acceptors (Lipinski definition) is 4. The van der Waals surface area contributed by atoms with E-state index in [0.29, 0.717) is 11.8 Å². The zero-order valence-electron chi connectivity index (χ0n) is 13.1. The molecule has 1 aromatic carbocycles. The highest BCUT2D eigenvalue weighted by atomic mass is 79.9. The van der Waals surface area contributed by atoms with Gasteiger partial charge in [0.25, 0.3) is 0 Å². The Morgan fingerprint density at radius 3 is 2.52 bits per heavy atom. The summed E-state index contributed by atoms with van der Waals surface area (Å²) < 4.78 is 12.2. The average Bonchev–Trinajstić information content (AvgIpc) is 2.70. The standard InChI is InChI=1S/C16H25BrN2O2/c1-9-10(2)21-11(3)16(9)14(19-18)8-12-5-6-15(20-4)13(17)7-12/h5-7,9-11,14,16,19H,8,18H2,1-4H3. The predicted molar refractivity (Wildman–Crippen MR) is 88.2 cm³/mol. The van der Waals surface area contributed by atoms with E-state index in [1.54, 1.807) is 7.11 Å². The molecule has 5 atom stereocenters. The highest BCUT2D eigenvalue weighted by Gasteiger charge is 2.41. The van der Waals surface area contributed by atoms with E-state index in [4.69, 9.17) is 15.3 Å².